The third-order valence-corrected chi connectivity index (χ3v) is 2.59. The molecule has 0 aliphatic carbocycles. The van der Waals surface area contributed by atoms with Crippen molar-refractivity contribution in [2.75, 3.05) is 0 Å². The van der Waals surface area contributed by atoms with E-state index in [0.29, 0.717) is 12.8 Å². The molecule has 0 aromatic heterocycles. The molecule has 0 spiro atoms. The molecule has 0 bridgehead atoms. The van der Waals surface area contributed by atoms with Gasteiger partial charge < -0.3 is 20.7 Å². The van der Waals surface area contributed by atoms with Crippen molar-refractivity contribution in [1.82, 2.24) is 0 Å². The molecule has 0 saturated heterocycles. The van der Waals surface area contributed by atoms with E-state index in [1.165, 1.54) is 0 Å². The number of benzene rings is 1. The Balaban J connectivity index is 2.96. The number of rotatable bonds is 5. The lowest BCUT2D eigenvalue weighted by atomic mass is 9.98. The molecular formula is C12H16F3NO3. The summed E-state index contributed by atoms with van der Waals surface area (Å²) >= 11 is 0. The first-order valence-electron chi connectivity index (χ1n) is 5.77. The molecular weight excluding hydrogens is 263 g/mol. The molecule has 0 radical (unpaired) electrons. The standard InChI is InChI=1S/C12H16F3NO3/c1-2-3-10(18)11(16)8-6-7(4-5-9(8)17)19-12(13,14)15/h4-6,10-11,17-18H,2-3,16H2,1H3/t10-,11+/m1/s1. The van der Waals surface area contributed by atoms with Crippen molar-refractivity contribution >= 4 is 0 Å². The third-order valence-electron chi connectivity index (χ3n) is 2.59. The Bertz CT molecular complexity index is 423. The van der Waals surface area contributed by atoms with E-state index < -0.39 is 24.3 Å². The van der Waals surface area contributed by atoms with Gasteiger partial charge in [0.2, 0.25) is 0 Å². The highest BCUT2D eigenvalue weighted by Gasteiger charge is 2.31. The number of aliphatic hydroxyl groups is 1. The molecule has 1 aromatic rings. The fraction of sp³-hybridized carbons (Fsp3) is 0.500. The summed E-state index contributed by atoms with van der Waals surface area (Å²) in [5, 5.41) is 19.3. The predicted molar refractivity (Wildman–Crippen MR) is 62.6 cm³/mol. The van der Waals surface area contributed by atoms with Crippen molar-refractivity contribution in [2.45, 2.75) is 38.3 Å². The molecule has 0 amide bonds. The predicted octanol–water partition coefficient (Wildman–Crippen LogP) is 2.45. The summed E-state index contributed by atoms with van der Waals surface area (Å²) in [6.07, 6.45) is -4.73. The molecule has 0 unspecified atom stereocenters. The van der Waals surface area contributed by atoms with Crippen molar-refractivity contribution in [2.24, 2.45) is 5.73 Å². The fourth-order valence-corrected chi connectivity index (χ4v) is 1.68. The van der Waals surface area contributed by atoms with Crippen LogP contribution in [0.4, 0.5) is 13.2 Å². The van der Waals surface area contributed by atoms with Gasteiger partial charge in [0, 0.05) is 5.56 Å². The van der Waals surface area contributed by atoms with Crippen molar-refractivity contribution in [3.05, 3.63) is 23.8 Å². The molecule has 0 aliphatic heterocycles. The number of aliphatic hydroxyl groups excluding tert-OH is 1. The average Bonchev–Trinajstić information content (AvgIpc) is 2.29. The second-order valence-corrected chi connectivity index (χ2v) is 4.15. The summed E-state index contributed by atoms with van der Waals surface area (Å²) in [4.78, 5) is 0. The van der Waals surface area contributed by atoms with E-state index in [-0.39, 0.29) is 11.3 Å². The van der Waals surface area contributed by atoms with E-state index in [9.17, 15) is 23.4 Å². The topological polar surface area (TPSA) is 75.7 Å². The second kappa shape index (κ2) is 6.12. The van der Waals surface area contributed by atoms with E-state index in [1.54, 1.807) is 0 Å². The van der Waals surface area contributed by atoms with Crippen LogP contribution in [0.15, 0.2) is 18.2 Å². The lowest BCUT2D eigenvalue weighted by Crippen LogP contribution is -2.26. The van der Waals surface area contributed by atoms with Gasteiger partial charge in [-0.1, -0.05) is 13.3 Å². The van der Waals surface area contributed by atoms with E-state index in [2.05, 4.69) is 4.74 Å². The van der Waals surface area contributed by atoms with Gasteiger partial charge in [0.05, 0.1) is 12.1 Å². The van der Waals surface area contributed by atoms with Gasteiger partial charge in [0.1, 0.15) is 11.5 Å². The van der Waals surface area contributed by atoms with Crippen LogP contribution < -0.4 is 10.5 Å². The molecule has 1 aromatic carbocycles. The molecule has 4 nitrogen and oxygen atoms in total. The Kier molecular flexibility index (Phi) is 5.02. The van der Waals surface area contributed by atoms with Crippen molar-refractivity contribution in [3.63, 3.8) is 0 Å². The lowest BCUT2D eigenvalue weighted by molar-refractivity contribution is -0.274. The van der Waals surface area contributed by atoms with Crippen LogP contribution in [0, 0.1) is 0 Å². The zero-order chi connectivity index (χ0) is 14.6. The molecule has 19 heavy (non-hydrogen) atoms. The Morgan fingerprint density at radius 3 is 2.53 bits per heavy atom. The van der Waals surface area contributed by atoms with Crippen LogP contribution >= 0.6 is 0 Å². The van der Waals surface area contributed by atoms with Crippen molar-refractivity contribution in [3.8, 4) is 11.5 Å². The fourth-order valence-electron chi connectivity index (χ4n) is 1.68. The highest BCUT2D eigenvalue weighted by molar-refractivity contribution is 5.41. The van der Waals surface area contributed by atoms with Crippen LogP contribution in [0.2, 0.25) is 0 Å². The smallest absolute Gasteiger partial charge is 0.508 e. The van der Waals surface area contributed by atoms with Crippen LogP contribution in [-0.4, -0.2) is 22.7 Å². The van der Waals surface area contributed by atoms with E-state index in [4.69, 9.17) is 5.73 Å². The van der Waals surface area contributed by atoms with Gasteiger partial charge in [-0.3, -0.25) is 0 Å². The summed E-state index contributed by atoms with van der Waals surface area (Å²) < 4.78 is 40.0. The summed E-state index contributed by atoms with van der Waals surface area (Å²) in [7, 11) is 0. The quantitative estimate of drug-likeness (QED) is 0.774. The van der Waals surface area contributed by atoms with Gasteiger partial charge in [-0.25, -0.2) is 0 Å². The zero-order valence-electron chi connectivity index (χ0n) is 10.3. The lowest BCUT2D eigenvalue weighted by Gasteiger charge is -2.20. The van der Waals surface area contributed by atoms with E-state index in [1.807, 2.05) is 6.92 Å². The SMILES string of the molecule is CCC[C@@H](O)[C@@H](N)c1cc(OC(F)(F)F)ccc1O. The zero-order valence-corrected chi connectivity index (χ0v) is 10.3. The normalized spacial score (nSPS) is 15.1. The summed E-state index contributed by atoms with van der Waals surface area (Å²) in [6.45, 7) is 1.83. The van der Waals surface area contributed by atoms with Crippen molar-refractivity contribution < 1.29 is 28.1 Å². The van der Waals surface area contributed by atoms with Gasteiger partial charge in [-0.15, -0.1) is 13.2 Å². The first-order valence-corrected chi connectivity index (χ1v) is 5.77. The highest BCUT2D eigenvalue weighted by atomic mass is 19.4. The number of hydrogen-bond donors (Lipinski definition) is 3. The number of hydrogen-bond acceptors (Lipinski definition) is 4. The summed E-state index contributed by atoms with van der Waals surface area (Å²) in [5.74, 6) is -0.767. The molecule has 2 atom stereocenters. The van der Waals surface area contributed by atoms with Crippen LogP contribution in [-0.2, 0) is 0 Å². The number of phenols is 1. The molecule has 0 heterocycles. The maximum atomic E-state index is 12.1. The molecule has 108 valence electrons. The number of alkyl halides is 3. The monoisotopic (exact) mass is 279 g/mol. The molecule has 1 rings (SSSR count). The van der Waals surface area contributed by atoms with Crippen LogP contribution in [0.3, 0.4) is 0 Å². The van der Waals surface area contributed by atoms with Gasteiger partial charge in [0.25, 0.3) is 0 Å². The van der Waals surface area contributed by atoms with Crippen LogP contribution in [0.5, 0.6) is 11.5 Å². The minimum absolute atomic E-state index is 0.0164. The Hall–Kier alpha value is -1.47. The summed E-state index contributed by atoms with van der Waals surface area (Å²) in [6, 6.07) is 2.03. The number of aromatic hydroxyl groups is 1. The second-order valence-electron chi connectivity index (χ2n) is 4.15. The number of phenolic OH excluding ortho intramolecular Hbond substituents is 1. The van der Waals surface area contributed by atoms with E-state index in [0.717, 1.165) is 18.2 Å². The van der Waals surface area contributed by atoms with Gasteiger partial charge in [0.15, 0.2) is 0 Å². The maximum absolute atomic E-state index is 12.1. The van der Waals surface area contributed by atoms with Gasteiger partial charge >= 0.3 is 6.36 Å². The maximum Gasteiger partial charge on any atom is 0.573 e. The number of nitrogens with two attached hydrogens (primary N) is 1. The number of halogens is 3. The third kappa shape index (κ3) is 4.60. The Morgan fingerprint density at radius 2 is 2.00 bits per heavy atom. The molecule has 0 aliphatic rings. The number of ether oxygens (including phenoxy) is 1. The summed E-state index contributed by atoms with van der Waals surface area (Å²) in [5.41, 5.74) is 5.73. The first-order chi connectivity index (χ1) is 8.74. The molecule has 7 heteroatoms. The van der Waals surface area contributed by atoms with Gasteiger partial charge in [-0.2, -0.15) is 0 Å². The van der Waals surface area contributed by atoms with Crippen molar-refractivity contribution in [1.29, 1.82) is 0 Å². The Morgan fingerprint density at radius 1 is 1.37 bits per heavy atom. The Labute approximate surface area is 108 Å². The average molecular weight is 279 g/mol. The van der Waals surface area contributed by atoms with Crippen LogP contribution in [0.1, 0.15) is 31.4 Å². The molecule has 4 N–H and O–H groups in total. The molecule has 0 fully saturated rings. The van der Waals surface area contributed by atoms with E-state index >= 15 is 0 Å². The van der Waals surface area contributed by atoms with Crippen LogP contribution in [0.25, 0.3) is 0 Å². The highest BCUT2D eigenvalue weighted by Crippen LogP contribution is 2.32. The minimum Gasteiger partial charge on any atom is -0.508 e. The first kappa shape index (κ1) is 15.6. The molecule has 0 saturated carbocycles. The van der Waals surface area contributed by atoms with Gasteiger partial charge in [-0.05, 0) is 24.6 Å². The minimum atomic E-state index is -4.82. The largest absolute Gasteiger partial charge is 0.573 e.